The number of carbonyl (C=O) groups excluding carboxylic acids is 2. The third-order valence-electron chi connectivity index (χ3n) is 5.79. The van der Waals surface area contributed by atoms with Crippen LogP contribution in [0.3, 0.4) is 0 Å². The molecule has 2 amide bonds. The Kier molecular flexibility index (Phi) is 6.48. The van der Waals surface area contributed by atoms with Crippen LogP contribution in [0.1, 0.15) is 30.4 Å². The first kappa shape index (κ1) is 22.3. The fourth-order valence-corrected chi connectivity index (χ4v) is 6.06. The van der Waals surface area contributed by atoms with Gasteiger partial charge in [-0.1, -0.05) is 30.3 Å². The average molecular weight is 458 g/mol. The quantitative estimate of drug-likeness (QED) is 0.621. The molecule has 1 unspecified atom stereocenters. The Morgan fingerprint density at radius 3 is 2.81 bits per heavy atom. The van der Waals surface area contributed by atoms with Gasteiger partial charge >= 0.3 is 0 Å². The number of hydrogen-bond acceptors (Lipinski definition) is 5. The summed E-state index contributed by atoms with van der Waals surface area (Å²) >= 11 is 0. The molecule has 32 heavy (non-hydrogen) atoms. The minimum Gasteiger partial charge on any atom is -0.482 e. The summed E-state index contributed by atoms with van der Waals surface area (Å²) in [5.41, 5.74) is 2.14. The smallest absolute Gasteiger partial charge is 0.262 e. The van der Waals surface area contributed by atoms with Crippen molar-refractivity contribution in [2.75, 3.05) is 25.0 Å². The minimum atomic E-state index is -3.90. The second kappa shape index (κ2) is 9.30. The normalized spacial score (nSPS) is 18.5. The summed E-state index contributed by atoms with van der Waals surface area (Å²) in [6, 6.07) is 12.3. The monoisotopic (exact) mass is 457 g/mol. The Hall–Kier alpha value is -2.91. The van der Waals surface area contributed by atoms with Crippen LogP contribution in [0.15, 0.2) is 47.4 Å². The van der Waals surface area contributed by atoms with E-state index < -0.39 is 16.1 Å². The van der Waals surface area contributed by atoms with Crippen LogP contribution in [0.5, 0.6) is 5.75 Å². The summed E-state index contributed by atoms with van der Waals surface area (Å²) < 4.78 is 33.6. The van der Waals surface area contributed by atoms with Gasteiger partial charge in [0.15, 0.2) is 6.61 Å². The summed E-state index contributed by atoms with van der Waals surface area (Å²) in [5.74, 6) is -0.232. The molecule has 0 aromatic heterocycles. The van der Waals surface area contributed by atoms with Crippen molar-refractivity contribution in [3.05, 3.63) is 53.6 Å². The van der Waals surface area contributed by atoms with Crippen LogP contribution in [-0.2, 0) is 26.0 Å². The van der Waals surface area contributed by atoms with Gasteiger partial charge in [-0.05, 0) is 49.8 Å². The molecule has 8 nitrogen and oxygen atoms in total. The van der Waals surface area contributed by atoms with Crippen molar-refractivity contribution >= 4 is 27.5 Å². The lowest BCUT2D eigenvalue weighted by Crippen LogP contribution is -2.46. The standard InChI is InChI=1S/C23H27N3O5S/c1-16-13-18-20(31-15-22(27)25-18)14-21(16)32(29,30)26-12-6-10-19(26)23(28)24-11-5-9-17-7-3-2-4-8-17/h2-4,7-8,13-14,19H,5-6,9-12,15H2,1H3,(H,24,28)(H,25,27). The third kappa shape index (κ3) is 4.63. The zero-order chi connectivity index (χ0) is 22.7. The first-order valence-corrected chi connectivity index (χ1v) is 12.2. The van der Waals surface area contributed by atoms with Crippen molar-refractivity contribution in [2.45, 2.75) is 43.5 Å². The van der Waals surface area contributed by atoms with Gasteiger partial charge in [-0.2, -0.15) is 4.31 Å². The molecule has 2 aromatic carbocycles. The van der Waals surface area contributed by atoms with Crippen LogP contribution in [0.4, 0.5) is 5.69 Å². The van der Waals surface area contributed by atoms with E-state index in [4.69, 9.17) is 4.74 Å². The van der Waals surface area contributed by atoms with E-state index in [2.05, 4.69) is 10.6 Å². The van der Waals surface area contributed by atoms with Crippen molar-refractivity contribution in [3.63, 3.8) is 0 Å². The van der Waals surface area contributed by atoms with Gasteiger partial charge < -0.3 is 15.4 Å². The van der Waals surface area contributed by atoms with Gasteiger partial charge in [-0.15, -0.1) is 0 Å². The predicted octanol–water partition coefficient (Wildman–Crippen LogP) is 2.23. The number of hydrogen-bond donors (Lipinski definition) is 2. The van der Waals surface area contributed by atoms with Crippen molar-refractivity contribution in [2.24, 2.45) is 0 Å². The van der Waals surface area contributed by atoms with Crippen molar-refractivity contribution in [1.82, 2.24) is 9.62 Å². The molecule has 4 rings (SSSR count). The van der Waals surface area contributed by atoms with E-state index in [0.717, 1.165) is 12.8 Å². The molecule has 0 spiro atoms. The first-order valence-electron chi connectivity index (χ1n) is 10.8. The number of nitrogens with zero attached hydrogens (tertiary/aromatic N) is 1. The molecule has 0 saturated carbocycles. The lowest BCUT2D eigenvalue weighted by molar-refractivity contribution is -0.124. The first-order chi connectivity index (χ1) is 15.4. The number of anilines is 1. The molecular formula is C23H27N3O5S. The number of nitrogens with one attached hydrogen (secondary N) is 2. The van der Waals surface area contributed by atoms with Crippen LogP contribution < -0.4 is 15.4 Å². The Balaban J connectivity index is 1.44. The van der Waals surface area contributed by atoms with E-state index in [1.165, 1.54) is 15.9 Å². The highest BCUT2D eigenvalue weighted by Crippen LogP contribution is 2.35. The molecule has 2 heterocycles. The summed E-state index contributed by atoms with van der Waals surface area (Å²) in [4.78, 5) is 24.4. The number of benzene rings is 2. The van der Waals surface area contributed by atoms with Gasteiger partial charge in [-0.3, -0.25) is 9.59 Å². The number of rotatable bonds is 7. The molecule has 1 saturated heterocycles. The number of sulfonamides is 1. The molecule has 2 aromatic rings. The highest BCUT2D eigenvalue weighted by Gasteiger charge is 2.40. The molecule has 1 fully saturated rings. The largest absolute Gasteiger partial charge is 0.482 e. The molecule has 0 aliphatic carbocycles. The number of aryl methyl sites for hydroxylation is 2. The summed E-state index contributed by atoms with van der Waals surface area (Å²) in [6.45, 7) is 2.29. The third-order valence-corrected chi connectivity index (χ3v) is 7.84. The van der Waals surface area contributed by atoms with Gasteiger partial charge in [0.2, 0.25) is 15.9 Å². The average Bonchev–Trinajstić information content (AvgIpc) is 3.28. The zero-order valence-corrected chi connectivity index (χ0v) is 18.8. The number of ether oxygens (including phenoxy) is 1. The van der Waals surface area contributed by atoms with Gasteiger partial charge in [0, 0.05) is 19.2 Å². The predicted molar refractivity (Wildman–Crippen MR) is 120 cm³/mol. The highest BCUT2D eigenvalue weighted by molar-refractivity contribution is 7.89. The molecule has 170 valence electrons. The van der Waals surface area contributed by atoms with Crippen LogP contribution in [-0.4, -0.2) is 50.3 Å². The maximum atomic E-state index is 13.4. The van der Waals surface area contributed by atoms with Gasteiger partial charge in [0.1, 0.15) is 11.8 Å². The van der Waals surface area contributed by atoms with E-state index in [0.29, 0.717) is 42.9 Å². The van der Waals surface area contributed by atoms with Crippen LogP contribution >= 0.6 is 0 Å². The van der Waals surface area contributed by atoms with E-state index in [9.17, 15) is 18.0 Å². The molecule has 2 aliphatic heterocycles. The molecular weight excluding hydrogens is 430 g/mol. The lowest BCUT2D eigenvalue weighted by Gasteiger charge is -2.26. The van der Waals surface area contributed by atoms with Crippen LogP contribution in [0.25, 0.3) is 0 Å². The zero-order valence-electron chi connectivity index (χ0n) is 18.0. The van der Waals surface area contributed by atoms with E-state index >= 15 is 0 Å². The van der Waals surface area contributed by atoms with E-state index in [1.807, 2.05) is 30.3 Å². The van der Waals surface area contributed by atoms with Gasteiger partial charge in [0.05, 0.1) is 10.6 Å². The lowest BCUT2D eigenvalue weighted by atomic mass is 10.1. The topological polar surface area (TPSA) is 105 Å². The second-order valence-electron chi connectivity index (χ2n) is 8.10. The van der Waals surface area contributed by atoms with E-state index in [1.54, 1.807) is 13.0 Å². The summed E-state index contributed by atoms with van der Waals surface area (Å²) in [6.07, 6.45) is 2.74. The number of carbonyl (C=O) groups is 2. The molecule has 9 heteroatoms. The fourth-order valence-electron chi connectivity index (χ4n) is 4.18. The highest BCUT2D eigenvalue weighted by atomic mass is 32.2. The molecule has 2 aliphatic rings. The van der Waals surface area contributed by atoms with Crippen molar-refractivity contribution in [1.29, 1.82) is 0 Å². The SMILES string of the molecule is Cc1cc2c(cc1S(=O)(=O)N1CCCC1C(=O)NCCCc1ccccc1)OCC(=O)N2. The van der Waals surface area contributed by atoms with Crippen LogP contribution in [0.2, 0.25) is 0 Å². The number of fused-ring (bicyclic) bond motifs is 1. The van der Waals surface area contributed by atoms with Crippen LogP contribution in [0, 0.1) is 6.92 Å². The number of amides is 2. The maximum Gasteiger partial charge on any atom is 0.262 e. The Bertz CT molecular complexity index is 1120. The molecule has 2 N–H and O–H groups in total. The molecule has 0 radical (unpaired) electrons. The molecule has 0 bridgehead atoms. The van der Waals surface area contributed by atoms with E-state index in [-0.39, 0.29) is 23.3 Å². The van der Waals surface area contributed by atoms with Crippen molar-refractivity contribution in [3.8, 4) is 5.75 Å². The summed E-state index contributed by atoms with van der Waals surface area (Å²) in [5, 5.41) is 5.58. The minimum absolute atomic E-state index is 0.0937. The maximum absolute atomic E-state index is 13.4. The Labute approximate surface area is 188 Å². The Morgan fingerprint density at radius 1 is 1.25 bits per heavy atom. The Morgan fingerprint density at radius 2 is 2.03 bits per heavy atom. The van der Waals surface area contributed by atoms with Gasteiger partial charge in [0.25, 0.3) is 5.91 Å². The second-order valence-corrected chi connectivity index (χ2v) is 9.96. The van der Waals surface area contributed by atoms with Gasteiger partial charge in [-0.25, -0.2) is 8.42 Å². The van der Waals surface area contributed by atoms with Crippen molar-refractivity contribution < 1.29 is 22.7 Å². The molecule has 1 atom stereocenters. The fraction of sp³-hybridized carbons (Fsp3) is 0.391. The summed E-state index contributed by atoms with van der Waals surface area (Å²) in [7, 11) is -3.90.